The van der Waals surface area contributed by atoms with Gasteiger partial charge in [0.15, 0.2) is 5.78 Å². The Labute approximate surface area is 742 Å². The number of Topliss-reactive ketones (excluding diaryl/α,β-unsaturated/α-hetero) is 1. The molecule has 0 spiro atoms. The number of hydrogen-bond acceptors (Lipinski definition) is 22. The van der Waals surface area contributed by atoms with E-state index in [-0.39, 0.29) is 116 Å². The third-order valence-corrected chi connectivity index (χ3v) is 15.6. The molecule has 6 aliphatic rings. The number of carboxylic acids is 4. The third kappa shape index (κ3) is 40.1. The molecular formula is C88H93BrLiNaO26Zn. The Bertz CT molecular complexity index is 4550. The number of para-hydroxylation sites is 3. The van der Waals surface area contributed by atoms with Gasteiger partial charge in [-0.2, -0.15) is 16.0 Å². The molecule has 0 aromatic heterocycles. The van der Waals surface area contributed by atoms with Crippen molar-refractivity contribution in [2.45, 2.75) is 71.6 Å². The van der Waals surface area contributed by atoms with Crippen molar-refractivity contribution in [1.82, 2.24) is 0 Å². The van der Waals surface area contributed by atoms with Gasteiger partial charge in [0.2, 0.25) is 0 Å². The average molecular weight is 1740 g/mol. The second-order valence-electron chi connectivity index (χ2n) is 23.2. The molecule has 0 saturated heterocycles. The van der Waals surface area contributed by atoms with Gasteiger partial charge in [-0.1, -0.05) is 126 Å². The van der Waals surface area contributed by atoms with Gasteiger partial charge < -0.3 is 85.3 Å². The molecule has 0 unspecified atom stereocenters. The molecular weight excluding hydrogens is 1650 g/mol. The predicted octanol–water partition coefficient (Wildman–Crippen LogP) is 9.63. The zero-order valence-electron chi connectivity index (χ0n) is 66.8. The summed E-state index contributed by atoms with van der Waals surface area (Å²) in [7, 11) is 4.00. The van der Waals surface area contributed by atoms with E-state index in [2.05, 4.69) is 68.0 Å². The molecule has 6 heterocycles. The summed E-state index contributed by atoms with van der Waals surface area (Å²) in [4.78, 5) is 102. The monoisotopic (exact) mass is 1740 g/mol. The molecule has 612 valence electrons. The Morgan fingerprint density at radius 1 is 0.525 bits per heavy atom. The maximum Gasteiger partial charge on any atom is 1.00 e. The van der Waals surface area contributed by atoms with Crippen molar-refractivity contribution in [1.29, 1.82) is 0 Å². The van der Waals surface area contributed by atoms with Crippen molar-refractivity contribution in [2.24, 2.45) is 0 Å². The molecule has 118 heavy (non-hydrogen) atoms. The number of ether oxygens (including phenoxy) is 10. The SMILES string of the molecule is C#CCBr.C#CCOc1cccc(C(=O)OC)c1.CC(=O)O.COC(=O)c1cccc(O)c1.COC(=O)c1cccc2c1C=CCO2.O=C(O)c1cccc2c1C=CCO2.O=C(O)c1cccc2c1CCCO2.O=C(O)c1cccc2c1OCCC2.O=C1CCOc2ccccc21.O=C=O.[CH2-]CCC.[HH].[Li+].[Na+].[OH-].[Zn].c1ccc2c(c1)CCCO2. The van der Waals surface area contributed by atoms with Crippen LogP contribution in [0.1, 0.15) is 154 Å². The van der Waals surface area contributed by atoms with E-state index >= 15 is 0 Å². The number of ketones is 1. The summed E-state index contributed by atoms with van der Waals surface area (Å²) in [6.45, 7) is 10.8. The fourth-order valence-electron chi connectivity index (χ4n) is 10.1. The molecule has 0 atom stereocenters. The van der Waals surface area contributed by atoms with E-state index in [4.69, 9.17) is 85.9 Å². The fraction of sp³-hybridized carbons (Fsp3) is 0.250. The molecule has 0 bridgehead atoms. The van der Waals surface area contributed by atoms with Crippen molar-refractivity contribution < 1.29 is 196 Å². The number of methoxy groups -OCH3 is 3. The Balaban J connectivity index is -0.00000125. The number of benzene rings is 8. The number of terminal acetylenes is 2. The van der Waals surface area contributed by atoms with Gasteiger partial charge in [0.25, 0.3) is 5.97 Å². The Hall–Kier alpha value is -11.2. The van der Waals surface area contributed by atoms with Crippen LogP contribution in [-0.4, -0.2) is 158 Å². The first-order chi connectivity index (χ1) is 55.0. The van der Waals surface area contributed by atoms with Crippen molar-refractivity contribution in [3.05, 3.63) is 256 Å². The fourth-order valence-corrected chi connectivity index (χ4v) is 10.1. The number of phenolic OH excluding ortho intramolecular Hbond substituents is 1. The van der Waals surface area contributed by atoms with Crippen LogP contribution in [0.25, 0.3) is 12.2 Å². The van der Waals surface area contributed by atoms with Gasteiger partial charge in [-0.25, -0.2) is 28.8 Å². The molecule has 14 rings (SSSR count). The second-order valence-corrected chi connectivity index (χ2v) is 23.7. The summed E-state index contributed by atoms with van der Waals surface area (Å²) in [5.41, 5.74) is 7.64. The summed E-state index contributed by atoms with van der Waals surface area (Å²) in [5, 5.41) is 43.6. The number of carbonyl (C=O) groups excluding carboxylic acids is 6. The van der Waals surface area contributed by atoms with Gasteiger partial charge in [-0.05, 0) is 159 Å². The number of aliphatic carboxylic acids is 1. The summed E-state index contributed by atoms with van der Waals surface area (Å²) in [5.74, 6) is 5.24. The number of alkyl halides is 1. The number of unbranched alkanes of at least 4 members (excludes halogenated alkanes) is 1. The van der Waals surface area contributed by atoms with Crippen LogP contribution < -0.4 is 81.6 Å². The molecule has 6 N–H and O–H groups in total. The Kier molecular flexibility index (Phi) is 58.9. The van der Waals surface area contributed by atoms with E-state index in [1.54, 1.807) is 109 Å². The van der Waals surface area contributed by atoms with Crippen LogP contribution in [0.15, 0.2) is 182 Å². The van der Waals surface area contributed by atoms with E-state index in [1.807, 2.05) is 60.7 Å². The number of carboxylic acid groups (broad SMARTS) is 4. The summed E-state index contributed by atoms with van der Waals surface area (Å²) in [6, 6.07) is 49.1. The first kappa shape index (κ1) is 109. The molecule has 0 fully saturated rings. The number of halogens is 1. The minimum Gasteiger partial charge on any atom is -0.870 e. The molecule has 6 aliphatic heterocycles. The molecule has 0 aliphatic carbocycles. The van der Waals surface area contributed by atoms with Crippen LogP contribution in [0, 0.1) is 31.6 Å². The molecule has 0 saturated carbocycles. The maximum atomic E-state index is 11.4. The quantitative estimate of drug-likeness (QED) is 0.0224. The predicted molar refractivity (Wildman–Crippen MR) is 433 cm³/mol. The van der Waals surface area contributed by atoms with Crippen LogP contribution in [-0.2, 0) is 67.3 Å². The van der Waals surface area contributed by atoms with Gasteiger partial charge in [-0.15, -0.1) is 12.8 Å². The summed E-state index contributed by atoms with van der Waals surface area (Å²) in [6.07, 6.45) is 26.1. The minimum absolute atomic E-state index is 0. The minimum atomic E-state index is -0.924. The normalized spacial score (nSPS) is 11.6. The van der Waals surface area contributed by atoms with Gasteiger partial charge in [0.1, 0.15) is 71.4 Å². The number of hydrogen-bond donors (Lipinski definition) is 5. The van der Waals surface area contributed by atoms with Gasteiger partial charge >= 0.3 is 90.4 Å². The molecule has 8 aromatic carbocycles. The number of fused-ring (bicyclic) bond motifs is 6. The molecule has 0 amide bonds. The molecule has 30 heteroatoms. The first-order valence-electron chi connectivity index (χ1n) is 35.2. The Morgan fingerprint density at radius 2 is 0.949 bits per heavy atom. The van der Waals surface area contributed by atoms with Crippen LogP contribution in [0.2, 0.25) is 0 Å². The first-order valence-corrected chi connectivity index (χ1v) is 36.3. The number of aryl methyl sites for hydroxylation is 2. The average Bonchev–Trinajstić information content (AvgIpc) is 0.836. The maximum absolute atomic E-state index is 11.4. The summed E-state index contributed by atoms with van der Waals surface area (Å²) < 4.78 is 50.8. The van der Waals surface area contributed by atoms with E-state index < -0.39 is 35.8 Å². The number of rotatable bonds is 9. The van der Waals surface area contributed by atoms with Gasteiger partial charge in [0, 0.05) is 50.9 Å². The van der Waals surface area contributed by atoms with E-state index in [9.17, 15) is 33.6 Å². The Morgan fingerprint density at radius 3 is 1.47 bits per heavy atom. The summed E-state index contributed by atoms with van der Waals surface area (Å²) >= 11 is 3.01. The van der Waals surface area contributed by atoms with Crippen LogP contribution >= 0.6 is 15.9 Å². The zero-order valence-corrected chi connectivity index (χ0v) is 73.3. The van der Waals surface area contributed by atoms with Crippen molar-refractivity contribution >= 4 is 81.8 Å². The number of aromatic carboxylic acids is 3. The van der Waals surface area contributed by atoms with Crippen molar-refractivity contribution in [3.63, 3.8) is 0 Å². The number of phenols is 1. The largest absolute Gasteiger partial charge is 1.00 e. The van der Waals surface area contributed by atoms with Crippen LogP contribution in [0.3, 0.4) is 0 Å². The molecule has 8 aromatic rings. The topological polar surface area (TPSA) is 394 Å². The van der Waals surface area contributed by atoms with Gasteiger partial charge in [0.05, 0.1) is 86.5 Å². The van der Waals surface area contributed by atoms with Crippen molar-refractivity contribution in [2.75, 3.05) is 72.9 Å². The molecule has 0 radical (unpaired) electrons. The van der Waals surface area contributed by atoms with Gasteiger partial charge in [-0.3, -0.25) is 9.59 Å². The van der Waals surface area contributed by atoms with E-state index in [1.165, 1.54) is 51.9 Å². The third-order valence-electron chi connectivity index (χ3n) is 15.2. The zero-order chi connectivity index (χ0) is 84.0. The standard InChI is InChI=1S/2C11H10O3.C10H10O3.C10H8O3.C10H10O3.C9H8O2.C9H10O.C8H8O3.C4H9.C3H3Br.C2H4O2.CO2.Li.Na.H2O.Zn.H2/c1-13-11(12)9-4-2-6-10-8(9)5-3-7-14-10;1-3-7-14-10-6-4-5-9(8-10)11(12)13-2;2*11-10(12)8-3-1-5-9-7(8)4-2-6-13-9;11-10(12)8-5-1-3-7-4-2-6-13-9(7)8;10-8-5-6-11-9-4-2-1-3-7(8)9;1-2-6-9-8(4-1)5-3-7-10-9;1-11-8(10)6-3-2-4-7(9)5-6;1-3-4-2;1-2-3-4;1-2(3)4;2-1-3;;;;;/h2-6H,7H2,1H3;1,4-6,8H,7H2,2H3;1,3,5H,2,4,6H2,(H,11,12);1-5H,6H2,(H,11,12);1,3,5H,2,4,6H2,(H,11,12);1-4H,5-6H2;1-2,4,6H,3,5,7H2;2-5,9H,1H3;1,3-4H2,2H3;1H,3H2;1H3,(H,3,4);;;;1H2;;1H/q;;;;;;;;-1;;;;2*+1;;;/p-1. The van der Waals surface area contributed by atoms with Crippen LogP contribution in [0.4, 0.5) is 0 Å². The number of aromatic hydroxyl groups is 1. The van der Waals surface area contributed by atoms with E-state index in [0.29, 0.717) is 89.9 Å². The van der Waals surface area contributed by atoms with Crippen molar-refractivity contribution in [3.8, 4) is 70.7 Å². The number of esters is 3. The molecule has 26 nitrogen and oxygen atoms in total. The van der Waals surface area contributed by atoms with E-state index in [0.717, 1.165) is 97.3 Å². The number of carbonyl (C=O) groups is 8. The van der Waals surface area contributed by atoms with Crippen LogP contribution in [0.5, 0.6) is 46.0 Å². The second kappa shape index (κ2) is 63.9. The smallest absolute Gasteiger partial charge is 0.870 e.